The minimum absolute atomic E-state index is 0.115. The first kappa shape index (κ1) is 16.0. The van der Waals surface area contributed by atoms with Crippen molar-refractivity contribution in [3.05, 3.63) is 11.8 Å². The second-order valence-corrected chi connectivity index (χ2v) is 6.93. The molecule has 1 aromatic heterocycles. The van der Waals surface area contributed by atoms with Crippen LogP contribution in [0.25, 0.3) is 0 Å². The molecule has 21 heavy (non-hydrogen) atoms. The molecular formula is C15H25N3O3. The van der Waals surface area contributed by atoms with Gasteiger partial charge >= 0.3 is 0 Å². The summed E-state index contributed by atoms with van der Waals surface area (Å²) < 4.78 is 11.0. The van der Waals surface area contributed by atoms with Crippen LogP contribution in [0, 0.1) is 6.92 Å². The van der Waals surface area contributed by atoms with Crippen molar-refractivity contribution in [1.82, 2.24) is 10.5 Å². The van der Waals surface area contributed by atoms with E-state index in [1.54, 1.807) is 13.0 Å². The average Bonchev–Trinajstić information content (AvgIpc) is 2.79. The molecule has 1 saturated heterocycles. The highest BCUT2D eigenvalue weighted by molar-refractivity contribution is 5.93. The molecule has 0 unspecified atom stereocenters. The highest BCUT2D eigenvalue weighted by Crippen LogP contribution is 2.37. The molecule has 2 N–H and O–H groups in total. The number of amides is 1. The number of nitrogens with zero attached hydrogens (tertiary/aromatic N) is 1. The van der Waals surface area contributed by atoms with Crippen molar-refractivity contribution in [3.8, 4) is 0 Å². The molecule has 2 rings (SSSR count). The van der Waals surface area contributed by atoms with Crippen LogP contribution in [0.1, 0.15) is 46.7 Å². The van der Waals surface area contributed by atoms with Gasteiger partial charge in [0.05, 0.1) is 22.9 Å². The van der Waals surface area contributed by atoms with Crippen LogP contribution >= 0.6 is 0 Å². The summed E-state index contributed by atoms with van der Waals surface area (Å²) >= 11 is 0. The molecule has 0 saturated carbocycles. The Labute approximate surface area is 125 Å². The van der Waals surface area contributed by atoms with Crippen molar-refractivity contribution in [2.24, 2.45) is 0 Å². The lowest BCUT2D eigenvalue weighted by atomic mass is 9.94. The fourth-order valence-corrected chi connectivity index (χ4v) is 2.85. The van der Waals surface area contributed by atoms with Gasteiger partial charge in [0.25, 0.3) is 0 Å². The number of hydrogen-bond acceptors (Lipinski definition) is 5. The van der Waals surface area contributed by atoms with E-state index in [1.165, 1.54) is 0 Å². The van der Waals surface area contributed by atoms with Gasteiger partial charge < -0.3 is 14.6 Å². The van der Waals surface area contributed by atoms with E-state index in [-0.39, 0.29) is 29.2 Å². The number of hydrogen-bond donors (Lipinski definition) is 2. The number of carbonyl (C=O) groups excluding carboxylic acids is 1. The number of aromatic nitrogens is 1. The Morgan fingerprint density at radius 3 is 2.57 bits per heavy atom. The normalized spacial score (nSPS) is 24.8. The molecule has 1 aliphatic rings. The summed E-state index contributed by atoms with van der Waals surface area (Å²) in [6.45, 7) is 11.9. The molecule has 1 fully saturated rings. The zero-order chi connectivity index (χ0) is 15.8. The predicted molar refractivity (Wildman–Crippen MR) is 80.1 cm³/mol. The van der Waals surface area contributed by atoms with Gasteiger partial charge in [-0.2, -0.15) is 0 Å². The lowest BCUT2D eigenvalue weighted by Crippen LogP contribution is -2.50. The van der Waals surface area contributed by atoms with Gasteiger partial charge in [-0.1, -0.05) is 5.16 Å². The first-order valence-corrected chi connectivity index (χ1v) is 7.29. The van der Waals surface area contributed by atoms with Gasteiger partial charge in [-0.3, -0.25) is 10.1 Å². The highest BCUT2D eigenvalue weighted by atomic mass is 16.5. The van der Waals surface area contributed by atoms with Crippen LogP contribution in [0.2, 0.25) is 0 Å². The second kappa shape index (κ2) is 5.42. The predicted octanol–water partition coefficient (Wildman–Crippen LogP) is 2.25. The fraction of sp³-hybridized carbons (Fsp3) is 0.733. The van der Waals surface area contributed by atoms with Crippen LogP contribution in [0.3, 0.4) is 0 Å². The van der Waals surface area contributed by atoms with Crippen molar-refractivity contribution < 1.29 is 14.1 Å². The molecule has 1 aromatic rings. The van der Waals surface area contributed by atoms with Gasteiger partial charge in [0.1, 0.15) is 0 Å². The monoisotopic (exact) mass is 295 g/mol. The zero-order valence-electron chi connectivity index (χ0n) is 13.6. The largest absolute Gasteiger partial charge is 0.368 e. The molecule has 1 aliphatic heterocycles. The molecule has 0 aliphatic carbocycles. The summed E-state index contributed by atoms with van der Waals surface area (Å²) in [6, 6.07) is 1.46. The van der Waals surface area contributed by atoms with Gasteiger partial charge in [0.15, 0.2) is 0 Å². The molecule has 6 nitrogen and oxygen atoms in total. The topological polar surface area (TPSA) is 76.4 Å². The number of ether oxygens (including phenoxy) is 1. The third kappa shape index (κ3) is 3.83. The van der Waals surface area contributed by atoms with Crippen molar-refractivity contribution in [3.63, 3.8) is 0 Å². The summed E-state index contributed by atoms with van der Waals surface area (Å²) in [5.41, 5.74) is 0.248. The Morgan fingerprint density at radius 1 is 1.43 bits per heavy atom. The molecule has 2 atom stereocenters. The maximum Gasteiger partial charge on any atom is 0.243 e. The average molecular weight is 295 g/mol. The first-order valence-electron chi connectivity index (χ1n) is 7.29. The molecular weight excluding hydrogens is 270 g/mol. The van der Waals surface area contributed by atoms with Crippen LogP contribution in [0.15, 0.2) is 10.6 Å². The summed E-state index contributed by atoms with van der Waals surface area (Å²) in [7, 11) is 0. The molecule has 0 bridgehead atoms. The number of carbonyl (C=O) groups is 1. The molecule has 6 heteroatoms. The molecule has 0 aromatic carbocycles. The quantitative estimate of drug-likeness (QED) is 0.891. The SMILES string of the molecule is Cc1cc(NC(=O)[C@H](C)N[C@@H]2CC(C)(C)OC2(C)C)on1. The molecule has 118 valence electrons. The Bertz CT molecular complexity index is 522. The van der Waals surface area contributed by atoms with Gasteiger partial charge in [0.2, 0.25) is 11.8 Å². The van der Waals surface area contributed by atoms with E-state index in [9.17, 15) is 4.79 Å². The van der Waals surface area contributed by atoms with Gasteiger partial charge in [-0.05, 0) is 48.0 Å². The van der Waals surface area contributed by atoms with Crippen LogP contribution in [0.5, 0.6) is 0 Å². The number of rotatable bonds is 4. The van der Waals surface area contributed by atoms with Crippen molar-refractivity contribution in [2.45, 2.75) is 71.2 Å². The Balaban J connectivity index is 1.94. The third-order valence-electron chi connectivity index (χ3n) is 3.79. The van der Waals surface area contributed by atoms with Crippen molar-refractivity contribution >= 4 is 11.8 Å². The lowest BCUT2D eigenvalue weighted by molar-refractivity contribution is -0.118. The van der Waals surface area contributed by atoms with Crippen molar-refractivity contribution in [2.75, 3.05) is 5.32 Å². The van der Waals surface area contributed by atoms with E-state index in [2.05, 4.69) is 29.6 Å². The first-order chi connectivity index (χ1) is 9.59. The molecule has 1 amide bonds. The summed E-state index contributed by atoms with van der Waals surface area (Å²) in [5, 5.41) is 9.81. The van der Waals surface area contributed by atoms with Crippen LogP contribution in [-0.2, 0) is 9.53 Å². The van der Waals surface area contributed by atoms with E-state index < -0.39 is 0 Å². The number of aryl methyl sites for hydroxylation is 1. The van der Waals surface area contributed by atoms with Crippen LogP contribution in [0.4, 0.5) is 5.88 Å². The number of anilines is 1. The van der Waals surface area contributed by atoms with Crippen LogP contribution < -0.4 is 10.6 Å². The van der Waals surface area contributed by atoms with Crippen molar-refractivity contribution in [1.29, 1.82) is 0 Å². The standard InChI is InChI=1S/C15H25N3O3/c1-9-7-12(20-18-9)17-13(19)10(2)16-11-8-14(3,4)21-15(11,5)6/h7,10-11,16H,8H2,1-6H3,(H,17,19)/t10-,11+/m0/s1. The van der Waals surface area contributed by atoms with Crippen LogP contribution in [-0.4, -0.2) is 34.3 Å². The maximum absolute atomic E-state index is 12.2. The van der Waals surface area contributed by atoms with E-state index in [4.69, 9.17) is 9.26 Å². The minimum Gasteiger partial charge on any atom is -0.368 e. The van der Waals surface area contributed by atoms with Gasteiger partial charge in [0, 0.05) is 12.1 Å². The van der Waals surface area contributed by atoms with E-state index in [1.807, 2.05) is 20.8 Å². The Hall–Kier alpha value is -1.40. The maximum atomic E-state index is 12.2. The summed E-state index contributed by atoms with van der Waals surface area (Å²) in [6.07, 6.45) is 0.860. The van der Waals surface area contributed by atoms with E-state index in [0.717, 1.165) is 12.1 Å². The molecule has 0 radical (unpaired) electrons. The van der Waals surface area contributed by atoms with Gasteiger partial charge in [-0.25, -0.2) is 0 Å². The third-order valence-corrected chi connectivity index (χ3v) is 3.79. The molecule has 0 spiro atoms. The smallest absolute Gasteiger partial charge is 0.243 e. The Morgan fingerprint density at radius 2 is 2.10 bits per heavy atom. The second-order valence-electron chi connectivity index (χ2n) is 6.93. The summed E-state index contributed by atoms with van der Waals surface area (Å²) in [4.78, 5) is 12.2. The number of nitrogens with one attached hydrogen (secondary N) is 2. The lowest BCUT2D eigenvalue weighted by Gasteiger charge is -2.29. The zero-order valence-corrected chi connectivity index (χ0v) is 13.6. The summed E-state index contributed by atoms with van der Waals surface area (Å²) in [5.74, 6) is 0.222. The molecule has 2 heterocycles. The van der Waals surface area contributed by atoms with E-state index >= 15 is 0 Å². The fourth-order valence-electron chi connectivity index (χ4n) is 2.85. The highest BCUT2D eigenvalue weighted by Gasteiger charge is 2.46. The van der Waals surface area contributed by atoms with Gasteiger partial charge in [-0.15, -0.1) is 0 Å². The minimum atomic E-state index is -0.350. The Kier molecular flexibility index (Phi) is 4.13. The van der Waals surface area contributed by atoms with E-state index in [0.29, 0.717) is 5.88 Å².